The minimum Gasteiger partial charge on any atom is -0.445 e. The monoisotopic (exact) mass is 477 g/mol. The Morgan fingerprint density at radius 2 is 2.03 bits per heavy atom. The molecule has 1 saturated carbocycles. The van der Waals surface area contributed by atoms with E-state index in [9.17, 15) is 14.4 Å². The van der Waals surface area contributed by atoms with Crippen molar-refractivity contribution in [3.8, 4) is 0 Å². The van der Waals surface area contributed by atoms with Crippen molar-refractivity contribution in [2.75, 3.05) is 6.54 Å². The summed E-state index contributed by atoms with van der Waals surface area (Å²) in [6.07, 6.45) is 8.44. The zero-order valence-electron chi connectivity index (χ0n) is 19.4. The maximum atomic E-state index is 12.6. The maximum absolute atomic E-state index is 12.6. The Morgan fingerprint density at radius 1 is 1.24 bits per heavy atom. The van der Waals surface area contributed by atoms with Crippen LogP contribution in [0, 0.1) is 11.8 Å². The third-order valence-electron chi connectivity index (χ3n) is 6.82. The summed E-state index contributed by atoms with van der Waals surface area (Å²) in [7, 11) is 0. The zero-order valence-corrected chi connectivity index (χ0v) is 20.1. The number of alkyl carbamates (subject to hydrolysis) is 1. The molecule has 4 unspecified atom stereocenters. The molecule has 1 heterocycles. The Hall–Kier alpha value is -2.12. The number of amides is 2. The highest BCUT2D eigenvalue weighted by atomic mass is 35.5. The number of carbonyl (C=O) groups excluding carboxylic acids is 3. The lowest BCUT2D eigenvalue weighted by atomic mass is 9.83. The van der Waals surface area contributed by atoms with E-state index in [1.165, 1.54) is 19.3 Å². The third-order valence-corrected chi connectivity index (χ3v) is 7.06. The molecule has 182 valence electrons. The molecule has 4 atom stereocenters. The van der Waals surface area contributed by atoms with Crippen molar-refractivity contribution in [3.63, 3.8) is 0 Å². The molecule has 1 aliphatic heterocycles. The number of halogens is 1. The van der Waals surface area contributed by atoms with Crippen molar-refractivity contribution in [2.45, 2.75) is 83.0 Å². The SMILES string of the molecule is CC(NC(C=O)CC1CCNC1=O)C(CC1CCCCC1)NC(=O)OCc1cccc(Cl)c1. The van der Waals surface area contributed by atoms with E-state index in [0.717, 1.165) is 37.5 Å². The summed E-state index contributed by atoms with van der Waals surface area (Å²) in [4.78, 5) is 36.3. The fourth-order valence-corrected chi connectivity index (χ4v) is 5.14. The van der Waals surface area contributed by atoms with Crippen molar-refractivity contribution >= 4 is 29.9 Å². The summed E-state index contributed by atoms with van der Waals surface area (Å²) < 4.78 is 5.45. The van der Waals surface area contributed by atoms with Crippen molar-refractivity contribution in [1.82, 2.24) is 16.0 Å². The van der Waals surface area contributed by atoms with Gasteiger partial charge in [0, 0.05) is 29.6 Å². The molecule has 0 spiro atoms. The number of hydrogen-bond acceptors (Lipinski definition) is 5. The molecule has 0 aromatic heterocycles. The van der Waals surface area contributed by atoms with E-state index in [1.54, 1.807) is 12.1 Å². The van der Waals surface area contributed by atoms with Gasteiger partial charge in [-0.25, -0.2) is 4.79 Å². The van der Waals surface area contributed by atoms with Gasteiger partial charge >= 0.3 is 6.09 Å². The summed E-state index contributed by atoms with van der Waals surface area (Å²) in [6.45, 7) is 2.78. The van der Waals surface area contributed by atoms with Gasteiger partial charge in [-0.3, -0.25) is 4.79 Å². The van der Waals surface area contributed by atoms with Gasteiger partial charge in [0.25, 0.3) is 0 Å². The van der Waals surface area contributed by atoms with E-state index in [1.807, 2.05) is 19.1 Å². The Balaban J connectivity index is 1.58. The van der Waals surface area contributed by atoms with Crippen LogP contribution in [0.15, 0.2) is 24.3 Å². The molecule has 3 rings (SSSR count). The van der Waals surface area contributed by atoms with E-state index >= 15 is 0 Å². The number of ether oxygens (including phenoxy) is 1. The topological polar surface area (TPSA) is 96.5 Å². The van der Waals surface area contributed by atoms with E-state index in [-0.39, 0.29) is 30.5 Å². The Bertz CT molecular complexity index is 800. The maximum Gasteiger partial charge on any atom is 0.407 e. The van der Waals surface area contributed by atoms with Crippen LogP contribution in [0.2, 0.25) is 5.02 Å². The first-order valence-corrected chi connectivity index (χ1v) is 12.5. The second-order valence-corrected chi connectivity index (χ2v) is 9.84. The quantitative estimate of drug-likeness (QED) is 0.419. The second kappa shape index (κ2) is 12.9. The van der Waals surface area contributed by atoms with Gasteiger partial charge in [-0.2, -0.15) is 0 Å². The smallest absolute Gasteiger partial charge is 0.407 e. The summed E-state index contributed by atoms with van der Waals surface area (Å²) in [6, 6.07) is 6.46. The average Bonchev–Trinajstić information content (AvgIpc) is 3.21. The van der Waals surface area contributed by atoms with Crippen LogP contribution in [0.1, 0.15) is 63.9 Å². The highest BCUT2D eigenvalue weighted by Crippen LogP contribution is 2.28. The van der Waals surface area contributed by atoms with Crippen LogP contribution in [0.4, 0.5) is 4.79 Å². The molecular weight excluding hydrogens is 442 g/mol. The summed E-state index contributed by atoms with van der Waals surface area (Å²) in [5.74, 6) is 0.404. The molecule has 3 N–H and O–H groups in total. The van der Waals surface area contributed by atoms with E-state index in [4.69, 9.17) is 16.3 Å². The van der Waals surface area contributed by atoms with Gasteiger partial charge in [-0.1, -0.05) is 55.8 Å². The second-order valence-electron chi connectivity index (χ2n) is 9.41. The molecule has 7 nitrogen and oxygen atoms in total. The van der Waals surface area contributed by atoms with Crippen LogP contribution in [-0.4, -0.2) is 43.0 Å². The lowest BCUT2D eigenvalue weighted by Gasteiger charge is -2.32. The third kappa shape index (κ3) is 8.31. The number of rotatable bonds is 11. The molecule has 2 fully saturated rings. The van der Waals surface area contributed by atoms with Crippen molar-refractivity contribution < 1.29 is 19.1 Å². The fourth-order valence-electron chi connectivity index (χ4n) is 4.93. The molecule has 1 aromatic carbocycles. The lowest BCUT2D eigenvalue weighted by molar-refractivity contribution is -0.122. The normalized spacial score (nSPS) is 21.6. The average molecular weight is 478 g/mol. The van der Waals surface area contributed by atoms with Gasteiger partial charge < -0.3 is 25.5 Å². The van der Waals surface area contributed by atoms with E-state index in [2.05, 4.69) is 16.0 Å². The largest absolute Gasteiger partial charge is 0.445 e. The van der Waals surface area contributed by atoms with Gasteiger partial charge in [-0.15, -0.1) is 0 Å². The molecule has 2 aliphatic rings. The number of carbonyl (C=O) groups is 3. The molecule has 1 saturated heterocycles. The van der Waals surface area contributed by atoms with Crippen LogP contribution < -0.4 is 16.0 Å². The molecule has 0 radical (unpaired) electrons. The standard InChI is InChI=1S/C25H36ClN3O4/c1-17(28-22(15-30)14-20-10-11-27-24(20)31)23(13-18-6-3-2-4-7-18)29-25(32)33-16-19-8-5-9-21(26)12-19/h5,8-9,12,15,17-18,20,22-23,28H,2-4,6-7,10-11,13-14,16H2,1H3,(H,27,31)(H,29,32). The van der Waals surface area contributed by atoms with Crippen molar-refractivity contribution in [3.05, 3.63) is 34.9 Å². The predicted octanol–water partition coefficient (Wildman–Crippen LogP) is 3.98. The number of nitrogens with one attached hydrogen (secondary N) is 3. The number of aldehydes is 1. The summed E-state index contributed by atoms with van der Waals surface area (Å²) in [5.41, 5.74) is 0.823. The van der Waals surface area contributed by atoms with Gasteiger partial charge in [0.2, 0.25) is 5.91 Å². The van der Waals surface area contributed by atoms with E-state index < -0.39 is 12.1 Å². The van der Waals surface area contributed by atoms with Gasteiger partial charge in [0.05, 0.1) is 6.04 Å². The predicted molar refractivity (Wildman–Crippen MR) is 128 cm³/mol. The molecule has 8 heteroatoms. The number of benzene rings is 1. The molecule has 0 bridgehead atoms. The molecule has 33 heavy (non-hydrogen) atoms. The summed E-state index contributed by atoms with van der Waals surface area (Å²) in [5, 5.41) is 9.80. The molecule has 1 aliphatic carbocycles. The zero-order chi connectivity index (χ0) is 23.6. The summed E-state index contributed by atoms with van der Waals surface area (Å²) >= 11 is 6.01. The first-order chi connectivity index (χ1) is 15.9. The van der Waals surface area contributed by atoms with Crippen LogP contribution in [0.5, 0.6) is 0 Å². The Labute approximate surface area is 201 Å². The van der Waals surface area contributed by atoms with Gasteiger partial charge in [0.1, 0.15) is 12.9 Å². The van der Waals surface area contributed by atoms with Crippen molar-refractivity contribution in [2.24, 2.45) is 11.8 Å². The minimum absolute atomic E-state index is 0.0118. The van der Waals surface area contributed by atoms with Crippen LogP contribution in [0.3, 0.4) is 0 Å². The molecular formula is C25H36ClN3O4. The highest BCUT2D eigenvalue weighted by Gasteiger charge is 2.30. The minimum atomic E-state index is -0.484. The first kappa shape index (κ1) is 25.5. The van der Waals surface area contributed by atoms with Crippen LogP contribution in [-0.2, 0) is 20.9 Å². The lowest BCUT2D eigenvalue weighted by Crippen LogP contribution is -2.53. The van der Waals surface area contributed by atoms with Gasteiger partial charge in [0.15, 0.2) is 0 Å². The van der Waals surface area contributed by atoms with E-state index in [0.29, 0.717) is 23.9 Å². The molecule has 1 aromatic rings. The van der Waals surface area contributed by atoms with Crippen LogP contribution in [0.25, 0.3) is 0 Å². The van der Waals surface area contributed by atoms with Crippen molar-refractivity contribution in [1.29, 1.82) is 0 Å². The first-order valence-electron chi connectivity index (χ1n) is 12.1. The number of hydrogen-bond donors (Lipinski definition) is 3. The Morgan fingerprint density at radius 3 is 2.70 bits per heavy atom. The molecule has 2 amide bonds. The fraction of sp³-hybridized carbons (Fsp3) is 0.640. The Kier molecular flexibility index (Phi) is 10.0. The highest BCUT2D eigenvalue weighted by molar-refractivity contribution is 6.30. The van der Waals surface area contributed by atoms with Gasteiger partial charge in [-0.05, 0) is 49.8 Å². The van der Waals surface area contributed by atoms with Crippen LogP contribution >= 0.6 is 11.6 Å².